The summed E-state index contributed by atoms with van der Waals surface area (Å²) in [6, 6.07) is 16.4. The first-order valence-corrected chi connectivity index (χ1v) is 14.3. The zero-order chi connectivity index (χ0) is 26.8. The van der Waals surface area contributed by atoms with Crippen LogP contribution in [0.5, 0.6) is 0 Å². The van der Waals surface area contributed by atoms with Crippen LogP contribution < -0.4 is 10.6 Å². The summed E-state index contributed by atoms with van der Waals surface area (Å²) >= 11 is 5.81. The molecular weight excluding hydrogens is 511 g/mol. The second kappa shape index (κ2) is 10.9. The Kier molecular flexibility index (Phi) is 8.07. The average Bonchev–Trinajstić information content (AvgIpc) is 2.87. The molecule has 8 heteroatoms. The maximum Gasteiger partial charge on any atom is 0.226 e. The van der Waals surface area contributed by atoms with Crippen LogP contribution in [-0.4, -0.2) is 27.4 Å². The molecule has 1 fully saturated rings. The molecule has 37 heavy (non-hydrogen) atoms. The van der Waals surface area contributed by atoms with Gasteiger partial charge in [0.05, 0.1) is 14.8 Å². The molecule has 3 aromatic carbocycles. The van der Waals surface area contributed by atoms with E-state index in [-0.39, 0.29) is 32.1 Å². The zero-order valence-corrected chi connectivity index (χ0v) is 22.8. The SMILES string of the molecule is Cc1ccc(NC(=O)C(C)C)cc1C1(Cc2ccc(S(=O)(=O)c3ccc(F)c(Cl)c3)cc2)CCNCC1. The van der Waals surface area contributed by atoms with Crippen LogP contribution in [-0.2, 0) is 26.5 Å². The molecule has 0 aliphatic carbocycles. The van der Waals surface area contributed by atoms with Gasteiger partial charge in [-0.2, -0.15) is 0 Å². The number of nitrogens with one attached hydrogen (secondary N) is 2. The van der Waals surface area contributed by atoms with Gasteiger partial charge in [0.2, 0.25) is 15.7 Å². The van der Waals surface area contributed by atoms with Crippen molar-refractivity contribution in [1.29, 1.82) is 0 Å². The quantitative estimate of drug-likeness (QED) is 0.355. The van der Waals surface area contributed by atoms with Gasteiger partial charge in [-0.3, -0.25) is 4.79 Å². The number of anilines is 1. The molecule has 1 saturated heterocycles. The summed E-state index contributed by atoms with van der Waals surface area (Å²) in [6.45, 7) is 7.58. The number of hydrogen-bond donors (Lipinski definition) is 2. The summed E-state index contributed by atoms with van der Waals surface area (Å²) in [5, 5.41) is 6.24. The number of amides is 1. The maximum atomic E-state index is 13.5. The second-order valence-corrected chi connectivity index (χ2v) is 12.5. The van der Waals surface area contributed by atoms with Crippen LogP contribution >= 0.6 is 11.6 Å². The van der Waals surface area contributed by atoms with E-state index in [0.717, 1.165) is 61.3 Å². The Bertz CT molecular complexity index is 1400. The molecule has 0 unspecified atom stereocenters. The minimum absolute atomic E-state index is 0.0200. The number of carbonyl (C=O) groups is 1. The molecule has 0 bridgehead atoms. The highest BCUT2D eigenvalue weighted by Crippen LogP contribution is 2.40. The molecule has 1 aliphatic heterocycles. The van der Waals surface area contributed by atoms with Crippen LogP contribution in [0.25, 0.3) is 0 Å². The predicted molar refractivity (Wildman–Crippen MR) is 145 cm³/mol. The summed E-state index contributed by atoms with van der Waals surface area (Å²) in [7, 11) is -3.83. The van der Waals surface area contributed by atoms with E-state index in [1.807, 2.05) is 32.0 Å². The zero-order valence-electron chi connectivity index (χ0n) is 21.3. The second-order valence-electron chi connectivity index (χ2n) is 10.1. The van der Waals surface area contributed by atoms with Crippen molar-refractivity contribution >= 4 is 33.0 Å². The molecule has 2 N–H and O–H groups in total. The molecule has 1 heterocycles. The fraction of sp³-hybridized carbons (Fsp3) is 0.345. The van der Waals surface area contributed by atoms with Crippen molar-refractivity contribution in [3.63, 3.8) is 0 Å². The Morgan fingerprint density at radius 3 is 2.30 bits per heavy atom. The van der Waals surface area contributed by atoms with E-state index in [4.69, 9.17) is 11.6 Å². The van der Waals surface area contributed by atoms with Crippen molar-refractivity contribution in [3.05, 3.63) is 88.2 Å². The van der Waals surface area contributed by atoms with E-state index >= 15 is 0 Å². The van der Waals surface area contributed by atoms with Crippen molar-refractivity contribution in [2.24, 2.45) is 5.92 Å². The van der Waals surface area contributed by atoms with Gasteiger partial charge in [-0.15, -0.1) is 0 Å². The number of benzene rings is 3. The Hall–Kier alpha value is -2.74. The molecule has 1 amide bonds. The number of hydrogen-bond acceptors (Lipinski definition) is 4. The number of sulfone groups is 1. The molecule has 0 aromatic heterocycles. The van der Waals surface area contributed by atoms with Gasteiger partial charge in [0.25, 0.3) is 0 Å². The van der Waals surface area contributed by atoms with E-state index in [9.17, 15) is 17.6 Å². The molecule has 1 aliphatic rings. The molecule has 4 rings (SSSR count). The van der Waals surface area contributed by atoms with Gasteiger partial charge in [-0.1, -0.05) is 43.6 Å². The van der Waals surface area contributed by atoms with Gasteiger partial charge in [0.15, 0.2) is 0 Å². The van der Waals surface area contributed by atoms with Crippen LogP contribution in [0, 0.1) is 18.7 Å². The van der Waals surface area contributed by atoms with Gasteiger partial charge < -0.3 is 10.6 Å². The minimum atomic E-state index is -3.83. The normalized spacial score (nSPS) is 15.5. The third kappa shape index (κ3) is 5.89. The Morgan fingerprint density at radius 2 is 1.68 bits per heavy atom. The Morgan fingerprint density at radius 1 is 1.03 bits per heavy atom. The first-order chi connectivity index (χ1) is 17.5. The van der Waals surface area contributed by atoms with Gasteiger partial charge in [-0.05, 0) is 98.4 Å². The highest BCUT2D eigenvalue weighted by Gasteiger charge is 2.35. The van der Waals surface area contributed by atoms with E-state index < -0.39 is 15.7 Å². The number of carbonyl (C=O) groups excluding carboxylic acids is 1. The number of aryl methyl sites for hydroxylation is 1. The molecule has 3 aromatic rings. The van der Waals surface area contributed by atoms with Crippen LogP contribution in [0.4, 0.5) is 10.1 Å². The van der Waals surface area contributed by atoms with E-state index in [1.165, 1.54) is 11.6 Å². The third-order valence-corrected chi connectivity index (χ3v) is 9.20. The van der Waals surface area contributed by atoms with Gasteiger partial charge >= 0.3 is 0 Å². The largest absolute Gasteiger partial charge is 0.326 e. The lowest BCUT2D eigenvalue weighted by Gasteiger charge is -2.40. The van der Waals surface area contributed by atoms with E-state index in [0.29, 0.717) is 0 Å². The molecule has 196 valence electrons. The average molecular weight is 543 g/mol. The maximum absolute atomic E-state index is 13.5. The standard InChI is InChI=1S/C29H32ClFN2O3S/c1-19(2)28(34)33-22-7-4-20(3)25(16-22)29(12-14-32-15-13-29)18-21-5-8-23(9-6-21)37(35,36)24-10-11-27(31)26(30)17-24/h4-11,16-17,19,32H,12-15,18H2,1-3H3,(H,33,34). The molecule has 5 nitrogen and oxygen atoms in total. The predicted octanol–water partition coefficient (Wildman–Crippen LogP) is 6.08. The number of piperidine rings is 1. The van der Waals surface area contributed by atoms with Crippen molar-refractivity contribution in [2.75, 3.05) is 18.4 Å². The van der Waals surface area contributed by atoms with Crippen molar-refractivity contribution in [1.82, 2.24) is 5.32 Å². The van der Waals surface area contributed by atoms with Gasteiger partial charge in [0.1, 0.15) is 5.82 Å². The monoisotopic (exact) mass is 542 g/mol. The third-order valence-electron chi connectivity index (χ3n) is 7.14. The van der Waals surface area contributed by atoms with Crippen LogP contribution in [0.15, 0.2) is 70.5 Å². The molecule has 0 saturated carbocycles. The van der Waals surface area contributed by atoms with Crippen molar-refractivity contribution in [3.8, 4) is 0 Å². The summed E-state index contributed by atoms with van der Waals surface area (Å²) < 4.78 is 39.7. The molecular formula is C29H32ClFN2O3S. The topological polar surface area (TPSA) is 75.3 Å². The highest BCUT2D eigenvalue weighted by molar-refractivity contribution is 7.91. The van der Waals surface area contributed by atoms with Crippen molar-refractivity contribution in [2.45, 2.75) is 55.2 Å². The van der Waals surface area contributed by atoms with Crippen LogP contribution in [0.2, 0.25) is 5.02 Å². The smallest absolute Gasteiger partial charge is 0.226 e. The molecule has 0 spiro atoms. The Labute approximate surface area is 223 Å². The van der Waals surface area contributed by atoms with Crippen LogP contribution in [0.1, 0.15) is 43.4 Å². The van der Waals surface area contributed by atoms with Crippen molar-refractivity contribution < 1.29 is 17.6 Å². The summed E-state index contributed by atoms with van der Waals surface area (Å²) in [5.74, 6) is -0.793. The van der Waals surface area contributed by atoms with E-state index in [2.05, 4.69) is 29.7 Å². The molecule has 0 radical (unpaired) electrons. The fourth-order valence-electron chi connectivity index (χ4n) is 4.96. The first kappa shape index (κ1) is 27.3. The lowest BCUT2D eigenvalue weighted by molar-refractivity contribution is -0.118. The lowest BCUT2D eigenvalue weighted by atomic mass is 9.68. The minimum Gasteiger partial charge on any atom is -0.326 e. The number of halogens is 2. The highest BCUT2D eigenvalue weighted by atomic mass is 35.5. The lowest BCUT2D eigenvalue weighted by Crippen LogP contribution is -2.42. The number of rotatable bonds is 7. The summed E-state index contributed by atoms with van der Waals surface area (Å²) in [6.07, 6.45) is 2.58. The summed E-state index contributed by atoms with van der Waals surface area (Å²) in [4.78, 5) is 12.4. The molecule has 0 atom stereocenters. The van der Waals surface area contributed by atoms with Gasteiger partial charge in [-0.25, -0.2) is 12.8 Å². The fourth-order valence-corrected chi connectivity index (χ4v) is 6.49. The first-order valence-electron chi connectivity index (χ1n) is 12.4. The van der Waals surface area contributed by atoms with Crippen LogP contribution in [0.3, 0.4) is 0 Å². The summed E-state index contributed by atoms with van der Waals surface area (Å²) in [5.41, 5.74) is 4.02. The Balaban J connectivity index is 1.64. The van der Waals surface area contributed by atoms with E-state index in [1.54, 1.807) is 12.1 Å². The van der Waals surface area contributed by atoms with Gasteiger partial charge in [0, 0.05) is 17.0 Å².